The lowest BCUT2D eigenvalue weighted by Crippen LogP contribution is -2.09. The van der Waals surface area contributed by atoms with Crippen molar-refractivity contribution in [3.05, 3.63) is 103 Å². The van der Waals surface area contributed by atoms with Gasteiger partial charge in [0, 0.05) is 0 Å². The fraction of sp³-hybridized carbons (Fsp3) is 0.0690. The first-order valence-electron chi connectivity index (χ1n) is 10.6. The summed E-state index contributed by atoms with van der Waals surface area (Å²) in [6, 6.07) is 33.2. The van der Waals surface area contributed by atoms with Gasteiger partial charge in [0.25, 0.3) is 0 Å². The largest absolute Gasteiger partial charge is 0.427 e. The highest BCUT2D eigenvalue weighted by Gasteiger charge is 2.15. The van der Waals surface area contributed by atoms with Crippen LogP contribution in [0.25, 0.3) is 43.1 Å². The number of aryl methyl sites for hydroxylation is 1. The minimum Gasteiger partial charge on any atom is -0.427 e. The first-order chi connectivity index (χ1) is 15.3. The fourth-order valence-corrected chi connectivity index (χ4v) is 4.83. The molecule has 0 N–H and O–H groups in total. The van der Waals surface area contributed by atoms with Gasteiger partial charge in [0.1, 0.15) is 5.75 Å². The summed E-state index contributed by atoms with van der Waals surface area (Å²) in [4.78, 5) is 12.4. The minimum absolute atomic E-state index is 0.207. The molecule has 0 saturated carbocycles. The molecule has 31 heavy (non-hydrogen) atoms. The van der Waals surface area contributed by atoms with Gasteiger partial charge in [-0.3, -0.25) is 4.79 Å². The maximum absolute atomic E-state index is 12.4. The van der Waals surface area contributed by atoms with Crippen molar-refractivity contribution in [2.75, 3.05) is 0 Å². The van der Waals surface area contributed by atoms with E-state index in [2.05, 4.69) is 66.7 Å². The average Bonchev–Trinajstić information content (AvgIpc) is 2.82. The van der Waals surface area contributed by atoms with Crippen LogP contribution >= 0.6 is 0 Å². The third-order valence-electron chi connectivity index (χ3n) is 6.19. The summed E-state index contributed by atoms with van der Waals surface area (Å²) in [7, 11) is 0. The van der Waals surface area contributed by atoms with Gasteiger partial charge in [0.05, 0.1) is 6.42 Å². The van der Waals surface area contributed by atoms with Gasteiger partial charge in [-0.15, -0.1) is 0 Å². The molecule has 0 aliphatic rings. The molecule has 0 radical (unpaired) electrons. The zero-order valence-electron chi connectivity index (χ0n) is 17.0. The average molecular weight is 400 g/mol. The molecule has 2 heteroatoms. The molecular formula is C29H20O2. The molecule has 0 saturated heterocycles. The Morgan fingerprint density at radius 2 is 1.19 bits per heavy atom. The topological polar surface area (TPSA) is 26.3 Å². The zero-order chi connectivity index (χ0) is 20.8. The van der Waals surface area contributed by atoms with Crippen LogP contribution < -0.4 is 4.74 Å². The van der Waals surface area contributed by atoms with Gasteiger partial charge in [0.15, 0.2) is 0 Å². The van der Waals surface area contributed by atoms with Crippen molar-refractivity contribution in [1.29, 1.82) is 0 Å². The van der Waals surface area contributed by atoms with Crippen LogP contribution in [0.1, 0.15) is 12.0 Å². The smallest absolute Gasteiger partial charge is 0.311 e. The molecular weight excluding hydrogens is 380 g/mol. The number of carbonyl (C=O) groups is 1. The summed E-state index contributed by atoms with van der Waals surface area (Å²) in [5.74, 6) is 0.385. The molecule has 0 bridgehead atoms. The Balaban J connectivity index is 1.45. The van der Waals surface area contributed by atoms with E-state index < -0.39 is 0 Å². The highest BCUT2D eigenvalue weighted by Crippen LogP contribution is 2.41. The van der Waals surface area contributed by atoms with Crippen LogP contribution in [-0.2, 0) is 11.2 Å². The van der Waals surface area contributed by atoms with E-state index in [1.807, 2.05) is 18.2 Å². The molecule has 0 aliphatic heterocycles. The minimum atomic E-state index is -0.207. The van der Waals surface area contributed by atoms with Crippen molar-refractivity contribution in [2.45, 2.75) is 12.8 Å². The Kier molecular flexibility index (Phi) is 4.10. The standard InChI is InChI=1S/C29H20O2/c30-27(31-21-9-2-1-3-10-21)18-16-19-15-17-26-24-13-5-8-20-7-4-12-23(28(20)24)25-14-6-11-22(19)29(25)26/h1-15,17H,16,18H2. The van der Waals surface area contributed by atoms with Crippen molar-refractivity contribution >= 4 is 49.1 Å². The molecule has 148 valence electrons. The lowest BCUT2D eigenvalue weighted by Gasteiger charge is -2.16. The number of hydrogen-bond donors (Lipinski definition) is 0. The Morgan fingerprint density at radius 1 is 0.581 bits per heavy atom. The van der Waals surface area contributed by atoms with Crippen LogP contribution in [0.2, 0.25) is 0 Å². The summed E-state index contributed by atoms with van der Waals surface area (Å²) in [5.41, 5.74) is 1.18. The highest BCUT2D eigenvalue weighted by atomic mass is 16.5. The summed E-state index contributed by atoms with van der Waals surface area (Å²) in [6.07, 6.45) is 0.998. The molecule has 0 aromatic heterocycles. The van der Waals surface area contributed by atoms with E-state index in [9.17, 15) is 4.79 Å². The van der Waals surface area contributed by atoms with Crippen LogP contribution in [0.15, 0.2) is 97.1 Å². The van der Waals surface area contributed by atoms with Gasteiger partial charge < -0.3 is 4.74 Å². The number of carbonyl (C=O) groups excluding carboxylic acids is 1. The number of rotatable bonds is 4. The summed E-state index contributed by atoms with van der Waals surface area (Å²) in [6.45, 7) is 0. The van der Waals surface area contributed by atoms with E-state index >= 15 is 0 Å². The van der Waals surface area contributed by atoms with Crippen molar-refractivity contribution in [1.82, 2.24) is 0 Å². The van der Waals surface area contributed by atoms with Crippen LogP contribution in [0.3, 0.4) is 0 Å². The molecule has 0 amide bonds. The number of ether oxygens (including phenoxy) is 1. The summed E-state index contributed by atoms with van der Waals surface area (Å²) < 4.78 is 5.47. The molecule has 0 fully saturated rings. The first kappa shape index (κ1) is 17.9. The number of fused-ring (bicyclic) bond motifs is 2. The van der Waals surface area contributed by atoms with Gasteiger partial charge in [0.2, 0.25) is 0 Å². The predicted molar refractivity (Wildman–Crippen MR) is 128 cm³/mol. The van der Waals surface area contributed by atoms with E-state index in [1.165, 1.54) is 48.7 Å². The first-order valence-corrected chi connectivity index (χ1v) is 10.6. The van der Waals surface area contributed by atoms with E-state index in [-0.39, 0.29) is 5.97 Å². The molecule has 0 aliphatic carbocycles. The second kappa shape index (κ2) is 7.10. The molecule has 0 atom stereocenters. The third-order valence-corrected chi connectivity index (χ3v) is 6.19. The SMILES string of the molecule is O=C(CCc1ccc2c3cccc4cccc(c5cccc1c52)c43)Oc1ccccc1. The molecule has 0 heterocycles. The summed E-state index contributed by atoms with van der Waals surface area (Å²) >= 11 is 0. The molecule has 6 rings (SSSR count). The van der Waals surface area contributed by atoms with E-state index in [4.69, 9.17) is 4.74 Å². The van der Waals surface area contributed by atoms with E-state index in [1.54, 1.807) is 12.1 Å². The van der Waals surface area contributed by atoms with Crippen molar-refractivity contribution in [3.8, 4) is 5.75 Å². The molecule has 0 spiro atoms. The number of esters is 1. The highest BCUT2D eigenvalue weighted by molar-refractivity contribution is 6.33. The van der Waals surface area contributed by atoms with E-state index in [0.29, 0.717) is 18.6 Å². The van der Waals surface area contributed by atoms with Crippen LogP contribution in [0, 0.1) is 0 Å². The normalized spacial score (nSPS) is 11.6. The lowest BCUT2D eigenvalue weighted by molar-refractivity contribution is -0.134. The number of benzene rings is 6. The van der Waals surface area contributed by atoms with Crippen molar-refractivity contribution < 1.29 is 9.53 Å². The lowest BCUT2D eigenvalue weighted by atomic mass is 9.88. The Bertz CT molecular complexity index is 1510. The van der Waals surface area contributed by atoms with Gasteiger partial charge in [-0.05, 0) is 67.2 Å². The van der Waals surface area contributed by atoms with Gasteiger partial charge in [-0.2, -0.15) is 0 Å². The monoisotopic (exact) mass is 400 g/mol. The van der Waals surface area contributed by atoms with E-state index in [0.717, 1.165) is 0 Å². The zero-order valence-corrected chi connectivity index (χ0v) is 17.0. The van der Waals surface area contributed by atoms with Crippen LogP contribution in [0.5, 0.6) is 5.75 Å². The van der Waals surface area contributed by atoms with Crippen molar-refractivity contribution in [2.24, 2.45) is 0 Å². The van der Waals surface area contributed by atoms with Crippen molar-refractivity contribution in [3.63, 3.8) is 0 Å². The Hall–Kier alpha value is -3.91. The predicted octanol–water partition coefficient (Wildman–Crippen LogP) is 7.28. The third kappa shape index (κ3) is 2.91. The van der Waals surface area contributed by atoms with Gasteiger partial charge >= 0.3 is 5.97 Å². The van der Waals surface area contributed by atoms with Crippen LogP contribution in [0.4, 0.5) is 0 Å². The van der Waals surface area contributed by atoms with Crippen LogP contribution in [-0.4, -0.2) is 5.97 Å². The number of hydrogen-bond acceptors (Lipinski definition) is 2. The van der Waals surface area contributed by atoms with Gasteiger partial charge in [-0.25, -0.2) is 0 Å². The molecule has 0 unspecified atom stereocenters. The molecule has 6 aromatic rings. The molecule has 2 nitrogen and oxygen atoms in total. The second-order valence-corrected chi connectivity index (χ2v) is 8.00. The number of para-hydroxylation sites is 1. The Morgan fingerprint density at radius 3 is 1.94 bits per heavy atom. The quantitative estimate of drug-likeness (QED) is 0.135. The molecule has 6 aromatic carbocycles. The van der Waals surface area contributed by atoms with Gasteiger partial charge in [-0.1, -0.05) is 84.9 Å². The summed E-state index contributed by atoms with van der Waals surface area (Å²) in [5, 5.41) is 10.2. The fourth-order valence-electron chi connectivity index (χ4n) is 4.83. The second-order valence-electron chi connectivity index (χ2n) is 8.00. The maximum atomic E-state index is 12.4. The Labute approximate surface area is 180 Å². The maximum Gasteiger partial charge on any atom is 0.311 e.